The molecule has 0 saturated carbocycles. The van der Waals surface area contributed by atoms with Crippen molar-refractivity contribution in [2.45, 2.75) is 25.8 Å². The Morgan fingerprint density at radius 1 is 1.05 bits per heavy atom. The molecule has 0 fully saturated rings. The number of allylic oxidation sites excluding steroid dienone is 1. The minimum Gasteiger partial charge on any atom is -0.494 e. The highest BCUT2D eigenvalue weighted by Crippen LogP contribution is 2.41. The van der Waals surface area contributed by atoms with Crippen LogP contribution in [0.4, 0.5) is 0 Å². The van der Waals surface area contributed by atoms with Crippen molar-refractivity contribution < 1.29 is 14.2 Å². The number of benzene rings is 3. The third kappa shape index (κ3) is 4.67. The van der Waals surface area contributed by atoms with Gasteiger partial charge in [0.15, 0.2) is 16.3 Å². The lowest BCUT2D eigenvalue weighted by Gasteiger charge is -2.30. The van der Waals surface area contributed by atoms with E-state index in [0.717, 1.165) is 41.0 Å². The first-order chi connectivity index (χ1) is 19.6. The zero-order valence-corrected chi connectivity index (χ0v) is 23.4. The molecule has 3 aromatic carbocycles. The van der Waals surface area contributed by atoms with Crippen LogP contribution in [-0.2, 0) is 6.42 Å². The minimum absolute atomic E-state index is 0.0565. The van der Waals surface area contributed by atoms with E-state index < -0.39 is 0 Å². The first kappa shape index (κ1) is 25.9. The van der Waals surface area contributed by atoms with E-state index in [1.54, 1.807) is 13.2 Å². The molecule has 40 heavy (non-hydrogen) atoms. The fraction of sp³-hybridized carbons (Fsp3) is 0.212. The van der Waals surface area contributed by atoms with E-state index in [1.807, 2.05) is 47.9 Å². The van der Waals surface area contributed by atoms with Gasteiger partial charge in [-0.25, -0.2) is 4.99 Å². The number of nitrogens with zero attached hydrogens (tertiary/aromatic N) is 2. The van der Waals surface area contributed by atoms with E-state index in [9.17, 15) is 4.79 Å². The number of fused-ring (bicyclic) bond motifs is 3. The van der Waals surface area contributed by atoms with Crippen LogP contribution >= 0.6 is 11.3 Å². The molecule has 6 rings (SSSR count). The molecule has 1 aromatic heterocycles. The quantitative estimate of drug-likeness (QED) is 0.280. The SMILES string of the molecule is C=CCOc1ccc(C=c2sc3n(c2=O)C(c2ccc(OCC)cc2)C2=C(N=3)c3ccccc3CC2)cc1OC. The van der Waals surface area contributed by atoms with Gasteiger partial charge in [0.05, 0.1) is 30.0 Å². The summed E-state index contributed by atoms with van der Waals surface area (Å²) in [6.45, 7) is 6.66. The summed E-state index contributed by atoms with van der Waals surface area (Å²) in [7, 11) is 1.60. The highest BCUT2D eigenvalue weighted by atomic mass is 32.1. The number of ether oxygens (including phenoxy) is 3. The fourth-order valence-corrected chi connectivity index (χ4v) is 6.43. The lowest BCUT2D eigenvalue weighted by Crippen LogP contribution is -2.38. The third-order valence-corrected chi connectivity index (χ3v) is 8.20. The average Bonchev–Trinajstić information content (AvgIpc) is 3.29. The summed E-state index contributed by atoms with van der Waals surface area (Å²) in [5.41, 5.74) is 6.44. The number of aromatic nitrogens is 1. The van der Waals surface area contributed by atoms with Crippen LogP contribution in [0, 0.1) is 0 Å². The molecule has 202 valence electrons. The van der Waals surface area contributed by atoms with Crippen LogP contribution in [-0.4, -0.2) is 24.9 Å². The average molecular weight is 551 g/mol. The minimum atomic E-state index is -0.235. The van der Waals surface area contributed by atoms with Crippen LogP contribution in [0.3, 0.4) is 0 Å². The van der Waals surface area contributed by atoms with Gasteiger partial charge in [-0.1, -0.05) is 66.5 Å². The van der Waals surface area contributed by atoms with Crippen molar-refractivity contribution >= 4 is 23.1 Å². The number of methoxy groups -OCH3 is 1. The number of hydrogen-bond donors (Lipinski definition) is 0. The number of hydrogen-bond acceptors (Lipinski definition) is 6. The Hall–Kier alpha value is -4.36. The van der Waals surface area contributed by atoms with Crippen LogP contribution in [0.5, 0.6) is 17.2 Å². The lowest BCUT2D eigenvalue weighted by atomic mass is 9.83. The molecule has 4 aromatic rings. The number of aryl methyl sites for hydroxylation is 1. The Morgan fingerprint density at radius 2 is 1.88 bits per heavy atom. The van der Waals surface area contributed by atoms with Gasteiger partial charge in [-0.3, -0.25) is 9.36 Å². The maximum atomic E-state index is 14.0. The molecule has 0 bridgehead atoms. The molecule has 0 N–H and O–H groups in total. The van der Waals surface area contributed by atoms with Crippen LogP contribution in [0.1, 0.15) is 41.6 Å². The Labute approximate surface area is 236 Å². The van der Waals surface area contributed by atoms with Crippen molar-refractivity contribution in [1.29, 1.82) is 0 Å². The summed E-state index contributed by atoms with van der Waals surface area (Å²) < 4.78 is 19.4. The predicted octanol–water partition coefficient (Wildman–Crippen LogP) is 5.29. The van der Waals surface area contributed by atoms with Gasteiger partial charge >= 0.3 is 0 Å². The Morgan fingerprint density at radius 3 is 2.65 bits per heavy atom. The standard InChI is InChI=1S/C33H30N2O4S/c1-4-18-39-27-17-10-21(19-28(27)37-3)20-29-32(36)35-31(23-11-14-24(15-12-23)38-5-2)26-16-13-22-8-6-7-9-25(22)30(26)34-33(35)40-29/h4,6-12,14-15,17,19-20,31H,1,5,13,16,18H2,2-3H3. The molecule has 2 heterocycles. The summed E-state index contributed by atoms with van der Waals surface area (Å²) >= 11 is 1.41. The Balaban J connectivity index is 1.51. The van der Waals surface area contributed by atoms with Crippen molar-refractivity contribution in [2.75, 3.05) is 20.3 Å². The molecule has 0 amide bonds. The summed E-state index contributed by atoms with van der Waals surface area (Å²) in [5.74, 6) is 2.04. The summed E-state index contributed by atoms with van der Waals surface area (Å²) in [6, 6.07) is 21.9. The van der Waals surface area contributed by atoms with E-state index in [4.69, 9.17) is 19.2 Å². The zero-order valence-electron chi connectivity index (χ0n) is 22.6. The third-order valence-electron chi connectivity index (χ3n) is 7.22. The summed E-state index contributed by atoms with van der Waals surface area (Å²) in [4.78, 5) is 19.8. The molecule has 6 nitrogen and oxygen atoms in total. The lowest BCUT2D eigenvalue weighted by molar-refractivity contribution is 0.326. The van der Waals surface area contributed by atoms with Crippen molar-refractivity contribution in [3.63, 3.8) is 0 Å². The highest BCUT2D eigenvalue weighted by molar-refractivity contribution is 7.07. The smallest absolute Gasteiger partial charge is 0.271 e. The van der Waals surface area contributed by atoms with Gasteiger partial charge in [0.1, 0.15) is 12.4 Å². The number of thiazole rings is 1. The molecule has 2 aliphatic rings. The maximum Gasteiger partial charge on any atom is 0.271 e. The molecule has 7 heteroatoms. The van der Waals surface area contributed by atoms with Crippen molar-refractivity contribution in [3.8, 4) is 17.2 Å². The number of rotatable bonds is 8. The van der Waals surface area contributed by atoms with Gasteiger partial charge < -0.3 is 14.2 Å². The van der Waals surface area contributed by atoms with Gasteiger partial charge in [0, 0.05) is 5.56 Å². The molecule has 0 radical (unpaired) electrons. The van der Waals surface area contributed by atoms with Gasteiger partial charge in [0.25, 0.3) is 5.56 Å². The highest BCUT2D eigenvalue weighted by Gasteiger charge is 2.32. The normalized spacial score (nSPS) is 15.9. The van der Waals surface area contributed by atoms with Gasteiger partial charge in [-0.05, 0) is 72.4 Å². The van der Waals surface area contributed by atoms with Crippen LogP contribution in [0.2, 0.25) is 0 Å². The van der Waals surface area contributed by atoms with Crippen molar-refractivity contribution in [1.82, 2.24) is 4.57 Å². The molecule has 1 aliphatic heterocycles. The summed E-state index contributed by atoms with van der Waals surface area (Å²) in [5, 5.41) is 0. The molecule has 1 aliphatic carbocycles. The van der Waals surface area contributed by atoms with E-state index in [2.05, 4.69) is 43.0 Å². The fourth-order valence-electron chi connectivity index (χ4n) is 5.43. The largest absolute Gasteiger partial charge is 0.494 e. The van der Waals surface area contributed by atoms with E-state index in [-0.39, 0.29) is 11.6 Å². The van der Waals surface area contributed by atoms with Gasteiger partial charge in [-0.15, -0.1) is 0 Å². The predicted molar refractivity (Wildman–Crippen MR) is 159 cm³/mol. The van der Waals surface area contributed by atoms with Crippen molar-refractivity contribution in [3.05, 3.63) is 127 Å². The van der Waals surface area contributed by atoms with Crippen LogP contribution in [0.15, 0.2) is 94.7 Å². The zero-order chi connectivity index (χ0) is 27.6. The summed E-state index contributed by atoms with van der Waals surface area (Å²) in [6.07, 6.45) is 5.35. The molecular weight excluding hydrogens is 520 g/mol. The molecule has 0 saturated heterocycles. The van der Waals surface area contributed by atoms with Gasteiger partial charge in [-0.2, -0.15) is 0 Å². The second-order valence-corrected chi connectivity index (χ2v) is 10.6. The Kier molecular flexibility index (Phi) is 7.13. The first-order valence-electron chi connectivity index (χ1n) is 13.4. The van der Waals surface area contributed by atoms with E-state index >= 15 is 0 Å². The first-order valence-corrected chi connectivity index (χ1v) is 14.2. The topological polar surface area (TPSA) is 62.0 Å². The second kappa shape index (κ2) is 11.0. The van der Waals surface area contributed by atoms with Crippen LogP contribution < -0.4 is 29.1 Å². The Bertz CT molecular complexity index is 1800. The second-order valence-electron chi connectivity index (χ2n) is 9.63. The molecule has 1 atom stereocenters. The molecule has 1 unspecified atom stereocenters. The van der Waals surface area contributed by atoms with E-state index in [0.29, 0.717) is 34.0 Å². The monoisotopic (exact) mass is 550 g/mol. The molecule has 0 spiro atoms. The van der Waals surface area contributed by atoms with E-state index in [1.165, 1.54) is 22.5 Å². The van der Waals surface area contributed by atoms with Crippen molar-refractivity contribution in [2.24, 2.45) is 4.99 Å². The van der Waals surface area contributed by atoms with Crippen LogP contribution in [0.25, 0.3) is 11.8 Å². The van der Waals surface area contributed by atoms with Gasteiger partial charge in [0.2, 0.25) is 0 Å². The molecular formula is C33H30N2O4S. The maximum absolute atomic E-state index is 14.0.